The first-order valence-electron chi connectivity index (χ1n) is 3.86. The van der Waals surface area contributed by atoms with Crippen molar-refractivity contribution in [3.05, 3.63) is 0 Å². The molecule has 1 saturated heterocycles. The molecular weight excluding hydrogens is 194 g/mol. The first-order chi connectivity index (χ1) is 4.86. The van der Waals surface area contributed by atoms with Crippen molar-refractivity contribution in [3.63, 3.8) is 0 Å². The second-order valence-electron chi connectivity index (χ2n) is 2.72. The van der Waals surface area contributed by atoms with Crippen LogP contribution in [0.5, 0.6) is 0 Å². The predicted molar refractivity (Wildman–Crippen MR) is 45.1 cm³/mol. The third-order valence-electron chi connectivity index (χ3n) is 2.11. The van der Waals surface area contributed by atoms with Gasteiger partial charge in [-0.3, -0.25) is 0 Å². The Kier molecular flexibility index (Phi) is 3.66. The van der Waals surface area contributed by atoms with Crippen LogP contribution in [0, 0.1) is 0 Å². The summed E-state index contributed by atoms with van der Waals surface area (Å²) in [7, 11) is 0. The van der Waals surface area contributed by atoms with Crippen LogP contribution < -0.4 is 0 Å². The molecule has 0 unspecified atom stereocenters. The van der Waals surface area contributed by atoms with E-state index in [9.17, 15) is 0 Å². The molecule has 2 nitrogen and oxygen atoms in total. The number of likely N-dealkylation sites (tertiary alicyclic amines) is 1. The van der Waals surface area contributed by atoms with Gasteiger partial charge in [-0.2, -0.15) is 0 Å². The lowest BCUT2D eigenvalue weighted by Gasteiger charge is -2.29. The van der Waals surface area contributed by atoms with Crippen LogP contribution in [-0.4, -0.2) is 30.6 Å². The van der Waals surface area contributed by atoms with Gasteiger partial charge in [0.05, 0.1) is 22.4 Å². The van der Waals surface area contributed by atoms with Gasteiger partial charge in [0, 0.05) is 13.1 Å². The number of halogens is 1. The molecule has 0 aromatic carbocycles. The number of nitrogens with zero attached hydrogens (tertiary/aromatic N) is 1. The third kappa shape index (κ3) is 2.22. The summed E-state index contributed by atoms with van der Waals surface area (Å²) in [5, 5.41) is 0. The summed E-state index contributed by atoms with van der Waals surface area (Å²) < 4.78 is 5.07. The maximum absolute atomic E-state index is 5.07. The van der Waals surface area contributed by atoms with Crippen LogP contribution in [0.2, 0.25) is 0 Å². The van der Waals surface area contributed by atoms with E-state index in [0.29, 0.717) is 6.10 Å². The van der Waals surface area contributed by atoms with E-state index < -0.39 is 0 Å². The van der Waals surface area contributed by atoms with Crippen molar-refractivity contribution in [2.24, 2.45) is 0 Å². The lowest BCUT2D eigenvalue weighted by molar-refractivity contribution is 0.129. The van der Waals surface area contributed by atoms with Crippen LogP contribution in [0.25, 0.3) is 0 Å². The summed E-state index contributed by atoms with van der Waals surface area (Å²) in [5.41, 5.74) is 0. The van der Waals surface area contributed by atoms with Crippen molar-refractivity contribution >= 4 is 16.3 Å². The van der Waals surface area contributed by atoms with E-state index in [-0.39, 0.29) is 0 Å². The molecule has 10 heavy (non-hydrogen) atoms. The minimum absolute atomic E-state index is 0.447. The first kappa shape index (κ1) is 8.50. The Labute approximate surface area is 71.0 Å². The molecule has 0 saturated carbocycles. The molecular formula is C7H14BrNO. The van der Waals surface area contributed by atoms with Crippen molar-refractivity contribution in [1.82, 2.24) is 4.90 Å². The highest BCUT2D eigenvalue weighted by Gasteiger charge is 2.17. The van der Waals surface area contributed by atoms with Gasteiger partial charge in [0.1, 0.15) is 0 Å². The monoisotopic (exact) mass is 207 g/mol. The Morgan fingerprint density at radius 3 is 2.50 bits per heavy atom. The molecule has 0 amide bonds. The standard InChI is InChI=1S/C7H14BrNO/c1-2-9-5-3-7(10-8)4-6-9/h7H,2-6H2,1H3. The van der Waals surface area contributed by atoms with Gasteiger partial charge in [-0.05, 0) is 19.4 Å². The zero-order chi connectivity index (χ0) is 7.40. The molecule has 1 aliphatic rings. The maximum Gasteiger partial charge on any atom is 0.0990 e. The van der Waals surface area contributed by atoms with E-state index >= 15 is 0 Å². The molecule has 0 aromatic rings. The Bertz CT molecular complexity index is 79.6. The van der Waals surface area contributed by atoms with E-state index in [4.69, 9.17) is 3.83 Å². The van der Waals surface area contributed by atoms with Crippen LogP contribution in [0.1, 0.15) is 19.8 Å². The highest BCUT2D eigenvalue weighted by Crippen LogP contribution is 2.14. The lowest BCUT2D eigenvalue weighted by atomic mass is 10.1. The molecule has 0 bridgehead atoms. The van der Waals surface area contributed by atoms with Gasteiger partial charge >= 0.3 is 0 Å². The Morgan fingerprint density at radius 1 is 1.50 bits per heavy atom. The number of rotatable bonds is 2. The summed E-state index contributed by atoms with van der Waals surface area (Å²) in [6, 6.07) is 0. The average Bonchev–Trinajstić information content (AvgIpc) is 2.05. The minimum atomic E-state index is 0.447. The second kappa shape index (κ2) is 4.31. The van der Waals surface area contributed by atoms with Gasteiger partial charge < -0.3 is 8.73 Å². The van der Waals surface area contributed by atoms with Crippen LogP contribution in [0.4, 0.5) is 0 Å². The average molecular weight is 208 g/mol. The predicted octanol–water partition coefficient (Wildman–Crippen LogP) is 1.80. The fraction of sp³-hybridized carbons (Fsp3) is 1.00. The molecule has 0 atom stereocenters. The highest BCUT2D eigenvalue weighted by atomic mass is 79.9. The van der Waals surface area contributed by atoms with Crippen molar-refractivity contribution in [1.29, 1.82) is 0 Å². The highest BCUT2D eigenvalue weighted by molar-refractivity contribution is 9.06. The number of piperidine rings is 1. The van der Waals surface area contributed by atoms with E-state index in [1.165, 1.54) is 32.5 Å². The zero-order valence-corrected chi connectivity index (χ0v) is 7.93. The lowest BCUT2D eigenvalue weighted by Crippen LogP contribution is -2.35. The van der Waals surface area contributed by atoms with Crippen LogP contribution in [-0.2, 0) is 3.83 Å². The quantitative estimate of drug-likeness (QED) is 0.686. The fourth-order valence-corrected chi connectivity index (χ4v) is 1.69. The molecule has 0 radical (unpaired) electrons. The van der Waals surface area contributed by atoms with Crippen molar-refractivity contribution in [3.8, 4) is 0 Å². The van der Waals surface area contributed by atoms with E-state index in [1.807, 2.05) is 0 Å². The Hall–Kier alpha value is 0.400. The number of hydrogen-bond acceptors (Lipinski definition) is 2. The van der Waals surface area contributed by atoms with Gasteiger partial charge in [-0.1, -0.05) is 6.92 Å². The topological polar surface area (TPSA) is 12.5 Å². The van der Waals surface area contributed by atoms with E-state index in [1.54, 1.807) is 0 Å². The van der Waals surface area contributed by atoms with Gasteiger partial charge in [-0.15, -0.1) is 0 Å². The summed E-state index contributed by atoms with van der Waals surface area (Å²) >= 11 is 3.03. The molecule has 1 aliphatic heterocycles. The summed E-state index contributed by atoms with van der Waals surface area (Å²) in [6.45, 7) is 5.75. The van der Waals surface area contributed by atoms with Crippen molar-refractivity contribution in [2.75, 3.05) is 19.6 Å². The zero-order valence-electron chi connectivity index (χ0n) is 6.35. The largest absolute Gasteiger partial charge is 0.305 e. The fourth-order valence-electron chi connectivity index (χ4n) is 1.31. The minimum Gasteiger partial charge on any atom is -0.305 e. The normalized spacial score (nSPS) is 23.4. The molecule has 1 fully saturated rings. The third-order valence-corrected chi connectivity index (χ3v) is 2.64. The molecule has 1 rings (SSSR count). The van der Waals surface area contributed by atoms with Crippen molar-refractivity contribution in [2.45, 2.75) is 25.9 Å². The molecule has 0 aliphatic carbocycles. The molecule has 3 heteroatoms. The van der Waals surface area contributed by atoms with Gasteiger partial charge in [0.2, 0.25) is 0 Å². The molecule has 0 N–H and O–H groups in total. The summed E-state index contributed by atoms with van der Waals surface area (Å²) in [6.07, 6.45) is 2.78. The Balaban J connectivity index is 2.17. The van der Waals surface area contributed by atoms with Crippen LogP contribution in [0.3, 0.4) is 0 Å². The second-order valence-corrected chi connectivity index (χ2v) is 3.10. The number of hydrogen-bond donors (Lipinski definition) is 0. The van der Waals surface area contributed by atoms with Gasteiger partial charge in [0.15, 0.2) is 0 Å². The molecule has 1 heterocycles. The van der Waals surface area contributed by atoms with Crippen molar-refractivity contribution < 1.29 is 3.83 Å². The summed E-state index contributed by atoms with van der Waals surface area (Å²) in [5.74, 6) is 0. The SMILES string of the molecule is CCN1CCC(OBr)CC1. The Morgan fingerprint density at radius 2 is 2.10 bits per heavy atom. The maximum atomic E-state index is 5.07. The molecule has 0 spiro atoms. The van der Waals surface area contributed by atoms with Crippen LogP contribution >= 0.6 is 16.3 Å². The molecule has 60 valence electrons. The van der Waals surface area contributed by atoms with E-state index in [0.717, 1.165) is 0 Å². The van der Waals surface area contributed by atoms with E-state index in [2.05, 4.69) is 28.1 Å². The smallest absolute Gasteiger partial charge is 0.0990 e. The summed E-state index contributed by atoms with van der Waals surface area (Å²) in [4.78, 5) is 2.45. The first-order valence-corrected chi connectivity index (χ1v) is 4.51. The van der Waals surface area contributed by atoms with Gasteiger partial charge in [-0.25, -0.2) is 0 Å². The van der Waals surface area contributed by atoms with Crippen LogP contribution in [0.15, 0.2) is 0 Å². The van der Waals surface area contributed by atoms with Gasteiger partial charge in [0.25, 0.3) is 0 Å². The molecule has 0 aromatic heterocycles.